The van der Waals surface area contributed by atoms with E-state index in [2.05, 4.69) is 27.6 Å². The summed E-state index contributed by atoms with van der Waals surface area (Å²) in [7, 11) is 0. The minimum Gasteiger partial charge on any atom is -0.340 e. The molecule has 2 aliphatic rings. The molecule has 1 amide bonds. The Morgan fingerprint density at radius 1 is 1.36 bits per heavy atom. The molecule has 1 aliphatic heterocycles. The molecule has 2 N–H and O–H groups in total. The molecular weight excluding hydrogens is 276 g/mol. The first-order valence-electron chi connectivity index (χ1n) is 8.75. The predicted octanol–water partition coefficient (Wildman–Crippen LogP) is 2.13. The zero-order valence-electron chi connectivity index (χ0n) is 13.6. The van der Waals surface area contributed by atoms with Gasteiger partial charge in [0.15, 0.2) is 0 Å². The van der Waals surface area contributed by atoms with E-state index in [1.807, 2.05) is 6.20 Å². The number of imidazole rings is 1. The van der Waals surface area contributed by atoms with Crippen molar-refractivity contribution in [3.05, 3.63) is 18.2 Å². The average molecular weight is 304 g/mol. The number of aryl methyl sites for hydroxylation is 1. The number of rotatable bonds is 3. The summed E-state index contributed by atoms with van der Waals surface area (Å²) in [5.41, 5.74) is 6.05. The minimum atomic E-state index is 0.149. The molecule has 122 valence electrons. The third-order valence-corrected chi connectivity index (χ3v) is 5.23. The summed E-state index contributed by atoms with van der Waals surface area (Å²) in [5, 5.41) is 0. The summed E-state index contributed by atoms with van der Waals surface area (Å²) in [5.74, 6) is 1.60. The fourth-order valence-corrected chi connectivity index (χ4v) is 4.04. The van der Waals surface area contributed by atoms with Crippen molar-refractivity contribution in [2.24, 2.45) is 11.7 Å². The molecule has 1 saturated carbocycles. The predicted molar refractivity (Wildman–Crippen MR) is 86.4 cm³/mol. The number of hydrogen-bond donors (Lipinski definition) is 1. The topological polar surface area (TPSA) is 64.2 Å². The fourth-order valence-electron chi connectivity index (χ4n) is 4.04. The maximum atomic E-state index is 12.8. The molecule has 1 aliphatic carbocycles. The highest BCUT2D eigenvalue weighted by Gasteiger charge is 2.32. The van der Waals surface area contributed by atoms with Crippen LogP contribution in [0.4, 0.5) is 0 Å². The summed E-state index contributed by atoms with van der Waals surface area (Å²) in [6, 6.07) is 0.594. The number of likely N-dealkylation sites (tertiary alicyclic amines) is 1. The summed E-state index contributed by atoms with van der Waals surface area (Å²) in [6.07, 6.45) is 11.1. The van der Waals surface area contributed by atoms with Gasteiger partial charge in [-0.05, 0) is 32.1 Å². The fraction of sp³-hybridized carbons (Fsp3) is 0.765. The van der Waals surface area contributed by atoms with Gasteiger partial charge in [-0.3, -0.25) is 4.79 Å². The van der Waals surface area contributed by atoms with Gasteiger partial charge in [-0.15, -0.1) is 0 Å². The highest BCUT2D eigenvalue weighted by Crippen LogP contribution is 2.29. The molecular formula is C17H28N4O. The molecule has 0 radical (unpaired) electrons. The van der Waals surface area contributed by atoms with Gasteiger partial charge in [0.1, 0.15) is 5.82 Å². The second-order valence-electron chi connectivity index (χ2n) is 6.81. The van der Waals surface area contributed by atoms with E-state index in [0.29, 0.717) is 11.9 Å². The molecule has 2 heterocycles. The zero-order chi connectivity index (χ0) is 15.5. The van der Waals surface area contributed by atoms with Gasteiger partial charge in [0.2, 0.25) is 5.91 Å². The van der Waals surface area contributed by atoms with Crippen LogP contribution < -0.4 is 5.73 Å². The third kappa shape index (κ3) is 3.19. The number of hydrogen-bond acceptors (Lipinski definition) is 3. The molecule has 3 rings (SSSR count). The molecule has 0 spiro atoms. The van der Waals surface area contributed by atoms with E-state index in [1.165, 1.54) is 0 Å². The van der Waals surface area contributed by atoms with Gasteiger partial charge in [-0.1, -0.05) is 13.3 Å². The molecule has 0 aromatic carbocycles. The van der Waals surface area contributed by atoms with Crippen LogP contribution in [0.1, 0.15) is 57.3 Å². The first kappa shape index (κ1) is 15.5. The van der Waals surface area contributed by atoms with Crippen molar-refractivity contribution in [3.63, 3.8) is 0 Å². The van der Waals surface area contributed by atoms with E-state index in [0.717, 1.165) is 63.9 Å². The van der Waals surface area contributed by atoms with Crippen molar-refractivity contribution >= 4 is 5.91 Å². The van der Waals surface area contributed by atoms with Crippen molar-refractivity contribution in [1.82, 2.24) is 14.5 Å². The van der Waals surface area contributed by atoms with Gasteiger partial charge in [0.25, 0.3) is 0 Å². The monoisotopic (exact) mass is 304 g/mol. The quantitative estimate of drug-likeness (QED) is 0.930. The van der Waals surface area contributed by atoms with Crippen LogP contribution in [-0.2, 0) is 11.2 Å². The molecule has 1 aromatic heterocycles. The summed E-state index contributed by atoms with van der Waals surface area (Å²) < 4.78 is 2.27. The Labute approximate surface area is 132 Å². The Kier molecular flexibility index (Phi) is 4.81. The second-order valence-corrected chi connectivity index (χ2v) is 6.81. The van der Waals surface area contributed by atoms with E-state index in [9.17, 15) is 4.79 Å². The molecule has 1 saturated heterocycles. The van der Waals surface area contributed by atoms with E-state index in [1.54, 1.807) is 0 Å². The number of nitrogens with zero attached hydrogens (tertiary/aromatic N) is 3. The standard InChI is InChI=1S/C17H28N4O/c1-2-16-19-8-10-21(16)15-7-4-9-20(12-15)17(22)13-5-3-6-14(18)11-13/h8,10,13-15H,2-7,9,11-12,18H2,1H3. The molecule has 3 atom stereocenters. The lowest BCUT2D eigenvalue weighted by Gasteiger charge is -2.37. The van der Waals surface area contributed by atoms with E-state index in [4.69, 9.17) is 5.73 Å². The van der Waals surface area contributed by atoms with Gasteiger partial charge >= 0.3 is 0 Å². The molecule has 2 fully saturated rings. The van der Waals surface area contributed by atoms with Crippen molar-refractivity contribution < 1.29 is 4.79 Å². The summed E-state index contributed by atoms with van der Waals surface area (Å²) in [4.78, 5) is 19.3. The molecule has 3 unspecified atom stereocenters. The van der Waals surface area contributed by atoms with Crippen molar-refractivity contribution in [1.29, 1.82) is 0 Å². The van der Waals surface area contributed by atoms with Gasteiger partial charge in [-0.25, -0.2) is 4.98 Å². The molecule has 1 aromatic rings. The largest absolute Gasteiger partial charge is 0.340 e. The Hall–Kier alpha value is -1.36. The van der Waals surface area contributed by atoms with Crippen LogP contribution >= 0.6 is 0 Å². The number of amides is 1. The molecule has 22 heavy (non-hydrogen) atoms. The molecule has 5 heteroatoms. The van der Waals surface area contributed by atoms with Crippen molar-refractivity contribution in [2.45, 2.75) is 64.0 Å². The second kappa shape index (κ2) is 6.82. The van der Waals surface area contributed by atoms with E-state index in [-0.39, 0.29) is 12.0 Å². The summed E-state index contributed by atoms with van der Waals surface area (Å²) >= 11 is 0. The number of carbonyl (C=O) groups is 1. The van der Waals surface area contributed by atoms with Crippen LogP contribution in [0.25, 0.3) is 0 Å². The zero-order valence-corrected chi connectivity index (χ0v) is 13.6. The Bertz CT molecular complexity index is 513. The number of nitrogens with two attached hydrogens (primary N) is 1. The first-order chi connectivity index (χ1) is 10.7. The maximum Gasteiger partial charge on any atom is 0.225 e. The van der Waals surface area contributed by atoms with Gasteiger partial charge in [-0.2, -0.15) is 0 Å². The first-order valence-corrected chi connectivity index (χ1v) is 8.75. The number of carbonyl (C=O) groups excluding carboxylic acids is 1. The average Bonchev–Trinajstić information content (AvgIpc) is 3.03. The smallest absolute Gasteiger partial charge is 0.225 e. The Morgan fingerprint density at radius 2 is 2.23 bits per heavy atom. The highest BCUT2D eigenvalue weighted by molar-refractivity contribution is 5.79. The summed E-state index contributed by atoms with van der Waals surface area (Å²) in [6.45, 7) is 3.86. The van der Waals surface area contributed by atoms with Crippen molar-refractivity contribution in [2.75, 3.05) is 13.1 Å². The lowest BCUT2D eigenvalue weighted by atomic mass is 9.85. The number of aromatic nitrogens is 2. The van der Waals surface area contributed by atoms with Crippen LogP contribution in [-0.4, -0.2) is 39.5 Å². The molecule has 5 nitrogen and oxygen atoms in total. The lowest BCUT2D eigenvalue weighted by molar-refractivity contribution is -0.138. The minimum absolute atomic E-state index is 0.149. The maximum absolute atomic E-state index is 12.8. The van der Waals surface area contributed by atoms with Gasteiger partial charge in [0.05, 0.1) is 6.04 Å². The van der Waals surface area contributed by atoms with Crippen LogP contribution in [0.15, 0.2) is 12.4 Å². The third-order valence-electron chi connectivity index (χ3n) is 5.23. The Balaban J connectivity index is 1.66. The van der Waals surface area contributed by atoms with E-state index < -0.39 is 0 Å². The van der Waals surface area contributed by atoms with Crippen LogP contribution in [0.3, 0.4) is 0 Å². The van der Waals surface area contributed by atoms with Crippen LogP contribution in [0.5, 0.6) is 0 Å². The van der Waals surface area contributed by atoms with Crippen molar-refractivity contribution in [3.8, 4) is 0 Å². The van der Waals surface area contributed by atoms with Gasteiger partial charge in [0, 0.05) is 43.9 Å². The van der Waals surface area contributed by atoms with Crippen LogP contribution in [0, 0.1) is 5.92 Å². The van der Waals surface area contributed by atoms with Gasteiger partial charge < -0.3 is 15.2 Å². The lowest BCUT2D eigenvalue weighted by Crippen LogP contribution is -2.45. The Morgan fingerprint density at radius 3 is 3.00 bits per heavy atom. The highest BCUT2D eigenvalue weighted by atomic mass is 16.2. The van der Waals surface area contributed by atoms with Crippen LogP contribution in [0.2, 0.25) is 0 Å². The van der Waals surface area contributed by atoms with E-state index >= 15 is 0 Å². The number of piperidine rings is 1. The normalized spacial score (nSPS) is 29.5. The molecule has 0 bridgehead atoms. The SMILES string of the molecule is CCc1nccn1C1CCCN(C(=O)C2CCCC(N)C2)C1.